The summed E-state index contributed by atoms with van der Waals surface area (Å²) in [6.45, 7) is 4.68. The molecular formula is C20H25ClN2O3S2. The maximum absolute atomic E-state index is 12.9. The van der Waals surface area contributed by atoms with Gasteiger partial charge in [-0.2, -0.15) is 0 Å². The predicted molar refractivity (Wildman–Crippen MR) is 116 cm³/mol. The number of alkyl halides is 1. The maximum atomic E-state index is 12.9. The van der Waals surface area contributed by atoms with E-state index in [1.165, 1.54) is 16.1 Å². The van der Waals surface area contributed by atoms with Gasteiger partial charge in [0.15, 0.2) is 0 Å². The summed E-state index contributed by atoms with van der Waals surface area (Å²) in [4.78, 5) is 4.21. The van der Waals surface area contributed by atoms with Gasteiger partial charge in [0.2, 0.25) is 10.0 Å². The SMILES string of the molecule is CC(C)Oc1ccc2c(c1)N(CCCCl)c1cccc(S(=O)(=O)N(C)C)c1S2. The van der Waals surface area contributed by atoms with Crippen molar-refractivity contribution in [2.75, 3.05) is 31.4 Å². The lowest BCUT2D eigenvalue weighted by Crippen LogP contribution is -2.26. The van der Waals surface area contributed by atoms with Gasteiger partial charge in [0.1, 0.15) is 5.75 Å². The molecule has 0 aromatic heterocycles. The molecule has 0 bridgehead atoms. The van der Waals surface area contributed by atoms with Gasteiger partial charge in [-0.15, -0.1) is 11.6 Å². The summed E-state index contributed by atoms with van der Waals surface area (Å²) in [5, 5.41) is 0. The van der Waals surface area contributed by atoms with Crippen LogP contribution >= 0.6 is 23.4 Å². The monoisotopic (exact) mass is 440 g/mol. The Hall–Kier alpha value is -1.41. The highest BCUT2D eigenvalue weighted by Gasteiger charge is 2.30. The lowest BCUT2D eigenvalue weighted by atomic mass is 10.2. The molecule has 0 N–H and O–H groups in total. The first kappa shape index (κ1) is 21.3. The molecule has 1 heterocycles. The first-order valence-electron chi connectivity index (χ1n) is 9.13. The van der Waals surface area contributed by atoms with Crippen molar-refractivity contribution in [2.24, 2.45) is 0 Å². The van der Waals surface area contributed by atoms with E-state index in [1.54, 1.807) is 26.2 Å². The fourth-order valence-electron chi connectivity index (χ4n) is 3.06. The average molecular weight is 441 g/mol. The number of benzene rings is 2. The molecule has 8 heteroatoms. The van der Waals surface area contributed by atoms with Crippen molar-refractivity contribution in [3.8, 4) is 5.75 Å². The van der Waals surface area contributed by atoms with E-state index in [0.717, 1.165) is 33.3 Å². The van der Waals surface area contributed by atoms with Crippen molar-refractivity contribution in [3.63, 3.8) is 0 Å². The highest BCUT2D eigenvalue weighted by atomic mass is 35.5. The topological polar surface area (TPSA) is 49.9 Å². The molecule has 0 spiro atoms. The Balaban J connectivity index is 2.14. The second-order valence-electron chi connectivity index (χ2n) is 6.98. The second-order valence-corrected chi connectivity index (χ2v) is 10.5. The lowest BCUT2D eigenvalue weighted by molar-refractivity contribution is 0.242. The van der Waals surface area contributed by atoms with Crippen molar-refractivity contribution in [3.05, 3.63) is 36.4 Å². The first-order valence-corrected chi connectivity index (χ1v) is 11.9. The smallest absolute Gasteiger partial charge is 0.243 e. The maximum Gasteiger partial charge on any atom is 0.243 e. The summed E-state index contributed by atoms with van der Waals surface area (Å²) in [5.41, 5.74) is 1.90. The Morgan fingerprint density at radius 2 is 1.93 bits per heavy atom. The van der Waals surface area contributed by atoms with Gasteiger partial charge in [-0.25, -0.2) is 12.7 Å². The first-order chi connectivity index (χ1) is 13.3. The Morgan fingerprint density at radius 3 is 2.57 bits per heavy atom. The summed E-state index contributed by atoms with van der Waals surface area (Å²) in [7, 11) is -0.449. The summed E-state index contributed by atoms with van der Waals surface area (Å²) in [6.07, 6.45) is 0.861. The van der Waals surface area contributed by atoms with E-state index in [2.05, 4.69) is 4.90 Å². The molecule has 2 aromatic rings. The molecule has 0 saturated carbocycles. The van der Waals surface area contributed by atoms with E-state index in [9.17, 15) is 8.42 Å². The van der Waals surface area contributed by atoms with Crippen LogP contribution in [0.4, 0.5) is 11.4 Å². The molecule has 0 unspecified atom stereocenters. The molecule has 0 saturated heterocycles. The third-order valence-corrected chi connectivity index (χ3v) is 7.78. The fourth-order valence-corrected chi connectivity index (χ4v) is 5.68. The Labute approximate surface area is 176 Å². The summed E-state index contributed by atoms with van der Waals surface area (Å²) in [6, 6.07) is 11.4. The quantitative estimate of drug-likeness (QED) is 0.570. The molecule has 0 amide bonds. The number of anilines is 2. The van der Waals surface area contributed by atoms with Gasteiger partial charge in [-0.3, -0.25) is 0 Å². The van der Waals surface area contributed by atoms with Crippen LogP contribution < -0.4 is 9.64 Å². The zero-order valence-electron chi connectivity index (χ0n) is 16.5. The van der Waals surface area contributed by atoms with Crippen molar-refractivity contribution in [1.29, 1.82) is 0 Å². The van der Waals surface area contributed by atoms with Gasteiger partial charge in [-0.1, -0.05) is 17.8 Å². The number of halogens is 1. The summed E-state index contributed by atoms with van der Waals surface area (Å²) in [5.74, 6) is 1.33. The molecule has 152 valence electrons. The fraction of sp³-hybridized carbons (Fsp3) is 0.400. The van der Waals surface area contributed by atoms with Gasteiger partial charge < -0.3 is 9.64 Å². The van der Waals surface area contributed by atoms with E-state index in [-0.39, 0.29) is 6.10 Å². The van der Waals surface area contributed by atoms with Crippen molar-refractivity contribution < 1.29 is 13.2 Å². The standard InChI is InChI=1S/C20H25ClN2O3S2/c1-14(2)26-15-9-10-18-17(13-15)23(12-6-11-21)16-7-5-8-19(20(16)27-18)28(24,25)22(3)4/h5,7-10,13-14H,6,11-12H2,1-4H3. The molecule has 0 aliphatic carbocycles. The molecule has 2 aromatic carbocycles. The molecule has 0 fully saturated rings. The zero-order chi connectivity index (χ0) is 20.5. The van der Waals surface area contributed by atoms with Gasteiger partial charge in [0, 0.05) is 37.5 Å². The van der Waals surface area contributed by atoms with Crippen LogP contribution in [0, 0.1) is 0 Å². The van der Waals surface area contributed by atoms with Crippen LogP contribution in [0.15, 0.2) is 51.1 Å². The van der Waals surface area contributed by atoms with Crippen LogP contribution in [-0.2, 0) is 10.0 Å². The average Bonchev–Trinajstić information content (AvgIpc) is 2.64. The molecule has 28 heavy (non-hydrogen) atoms. The van der Waals surface area contributed by atoms with E-state index < -0.39 is 10.0 Å². The van der Waals surface area contributed by atoms with Crippen LogP contribution in [0.5, 0.6) is 5.75 Å². The number of nitrogens with zero attached hydrogens (tertiary/aromatic N) is 2. The molecule has 0 radical (unpaired) electrons. The highest BCUT2D eigenvalue weighted by molar-refractivity contribution is 8.00. The number of rotatable bonds is 7. The molecule has 5 nitrogen and oxygen atoms in total. The van der Waals surface area contributed by atoms with Crippen molar-refractivity contribution in [1.82, 2.24) is 4.31 Å². The van der Waals surface area contributed by atoms with Crippen LogP contribution in [-0.4, -0.2) is 45.3 Å². The Bertz CT molecular complexity index is 962. The third-order valence-electron chi connectivity index (χ3n) is 4.33. The van der Waals surface area contributed by atoms with Gasteiger partial charge >= 0.3 is 0 Å². The van der Waals surface area contributed by atoms with E-state index in [1.807, 2.05) is 38.1 Å². The van der Waals surface area contributed by atoms with Crippen LogP contribution in [0.2, 0.25) is 0 Å². The number of sulfonamides is 1. The molecule has 1 aliphatic heterocycles. The Kier molecular flexibility index (Phi) is 6.49. The number of hydrogen-bond acceptors (Lipinski definition) is 5. The summed E-state index contributed by atoms with van der Waals surface area (Å²) >= 11 is 7.44. The number of fused-ring (bicyclic) bond motifs is 2. The molecule has 0 atom stereocenters. The minimum Gasteiger partial charge on any atom is -0.491 e. The Morgan fingerprint density at radius 1 is 1.18 bits per heavy atom. The minimum absolute atomic E-state index is 0.0784. The normalized spacial score (nSPS) is 13.6. The summed E-state index contributed by atoms with van der Waals surface area (Å²) < 4.78 is 32.8. The van der Waals surface area contributed by atoms with Crippen LogP contribution in [0.3, 0.4) is 0 Å². The predicted octanol–water partition coefficient (Wildman–Crippen LogP) is 4.96. The largest absolute Gasteiger partial charge is 0.491 e. The zero-order valence-corrected chi connectivity index (χ0v) is 18.9. The number of ether oxygens (including phenoxy) is 1. The molecule has 1 aliphatic rings. The van der Waals surface area contributed by atoms with Gasteiger partial charge in [0.25, 0.3) is 0 Å². The highest BCUT2D eigenvalue weighted by Crippen LogP contribution is 2.51. The van der Waals surface area contributed by atoms with Gasteiger partial charge in [-0.05, 0) is 44.5 Å². The van der Waals surface area contributed by atoms with E-state index in [0.29, 0.717) is 17.3 Å². The van der Waals surface area contributed by atoms with Crippen LogP contribution in [0.25, 0.3) is 0 Å². The van der Waals surface area contributed by atoms with E-state index >= 15 is 0 Å². The minimum atomic E-state index is -3.55. The van der Waals surface area contributed by atoms with Crippen molar-refractivity contribution in [2.45, 2.75) is 41.1 Å². The van der Waals surface area contributed by atoms with Crippen molar-refractivity contribution >= 4 is 44.8 Å². The second kappa shape index (κ2) is 8.53. The van der Waals surface area contributed by atoms with Gasteiger partial charge in [0.05, 0.1) is 27.3 Å². The molecule has 3 rings (SSSR count). The number of hydrogen-bond donors (Lipinski definition) is 0. The van der Waals surface area contributed by atoms with E-state index in [4.69, 9.17) is 16.3 Å². The molecular weight excluding hydrogens is 416 g/mol. The van der Waals surface area contributed by atoms with Crippen LogP contribution in [0.1, 0.15) is 20.3 Å². The third kappa shape index (κ3) is 4.13. The lowest BCUT2D eigenvalue weighted by Gasteiger charge is -2.34.